The molecule has 2 unspecified atom stereocenters. The third kappa shape index (κ3) is 4.10. The lowest BCUT2D eigenvalue weighted by Gasteiger charge is -2.37. The Labute approximate surface area is 200 Å². The molecule has 2 amide bonds. The first-order valence-electron chi connectivity index (χ1n) is 12.1. The predicted octanol–water partition coefficient (Wildman–Crippen LogP) is 2.27. The minimum Gasteiger partial charge on any atom is -0.494 e. The van der Waals surface area contributed by atoms with E-state index in [0.717, 1.165) is 17.4 Å². The van der Waals surface area contributed by atoms with Crippen molar-refractivity contribution in [1.29, 1.82) is 0 Å². The summed E-state index contributed by atoms with van der Waals surface area (Å²) in [5.41, 5.74) is -0.481. The highest BCUT2D eigenvalue weighted by atomic mass is 19.3. The highest BCUT2D eigenvalue weighted by Gasteiger charge is 2.56. The van der Waals surface area contributed by atoms with E-state index in [4.69, 9.17) is 0 Å². The fraction of sp³-hybridized carbons (Fsp3) is 0.583. The maximum absolute atomic E-state index is 14.2. The van der Waals surface area contributed by atoms with Crippen LogP contribution in [0.4, 0.5) is 8.78 Å². The second-order valence-electron chi connectivity index (χ2n) is 10.3. The highest BCUT2D eigenvalue weighted by Crippen LogP contribution is 2.48. The van der Waals surface area contributed by atoms with E-state index in [9.17, 15) is 28.3 Å². The molecule has 0 spiro atoms. The van der Waals surface area contributed by atoms with E-state index in [2.05, 4.69) is 10.4 Å². The molecule has 3 heterocycles. The summed E-state index contributed by atoms with van der Waals surface area (Å²) in [6.07, 6.45) is 6.63. The van der Waals surface area contributed by atoms with Crippen molar-refractivity contribution in [2.75, 3.05) is 13.1 Å². The third-order valence-corrected chi connectivity index (χ3v) is 7.15. The number of hydrogen-bond donors (Lipinski definition) is 2. The van der Waals surface area contributed by atoms with Gasteiger partial charge in [-0.05, 0) is 37.7 Å². The summed E-state index contributed by atoms with van der Waals surface area (Å²) >= 11 is 0. The molecular formula is C24H29F2N5O4. The number of amides is 2. The number of alkyl halides is 2. The van der Waals surface area contributed by atoms with Crippen molar-refractivity contribution in [1.82, 2.24) is 24.4 Å². The lowest BCUT2D eigenvalue weighted by atomic mass is 9.94. The summed E-state index contributed by atoms with van der Waals surface area (Å²) in [6.45, 7) is 4.17. The minimum absolute atomic E-state index is 0.00245. The molecule has 35 heavy (non-hydrogen) atoms. The maximum Gasteiger partial charge on any atom is 0.291 e. The third-order valence-electron chi connectivity index (χ3n) is 7.15. The van der Waals surface area contributed by atoms with E-state index in [1.807, 2.05) is 13.8 Å². The molecule has 11 heteroatoms. The number of likely N-dealkylation sites (tertiary alicyclic amines) is 1. The van der Waals surface area contributed by atoms with Crippen molar-refractivity contribution in [3.8, 4) is 5.88 Å². The SMILES string of the molecule is CC(C)Cn1c(O)c(C(=O)NC2CC2)c(=O)n2ncc(/C=C/C(=O)N3CC4CCC(C3)C4(F)F)c12. The Kier molecular flexibility index (Phi) is 5.68. The number of halogens is 2. The lowest BCUT2D eigenvalue weighted by Crippen LogP contribution is -2.50. The van der Waals surface area contributed by atoms with Crippen molar-refractivity contribution in [2.24, 2.45) is 17.8 Å². The van der Waals surface area contributed by atoms with Gasteiger partial charge >= 0.3 is 0 Å². The standard InChI is InChI=1S/C24H29F2N5O4/c1-13(2)10-30-21-14(3-8-18(32)29-11-15-4-5-16(12-29)24(15,25)26)9-27-31(21)23(35)19(22(30)34)20(33)28-17-6-7-17/h3,8-9,13,15-17,34H,4-7,10-12H2,1-2H3,(H,28,33)/b8-3+. The van der Waals surface area contributed by atoms with Gasteiger partial charge in [-0.15, -0.1) is 0 Å². The number of hydrogen-bond acceptors (Lipinski definition) is 5. The van der Waals surface area contributed by atoms with Gasteiger partial charge in [0.25, 0.3) is 17.4 Å². The van der Waals surface area contributed by atoms with E-state index in [0.29, 0.717) is 24.9 Å². The molecule has 1 aliphatic heterocycles. The molecule has 2 N–H and O–H groups in total. The Hall–Kier alpha value is -3.24. The highest BCUT2D eigenvalue weighted by molar-refractivity contribution is 5.97. The molecule has 2 aromatic rings. The van der Waals surface area contributed by atoms with Crippen LogP contribution in [0.2, 0.25) is 0 Å². The fourth-order valence-corrected chi connectivity index (χ4v) is 5.15. The molecule has 9 nitrogen and oxygen atoms in total. The van der Waals surface area contributed by atoms with Crippen LogP contribution in [0.3, 0.4) is 0 Å². The van der Waals surface area contributed by atoms with Crippen molar-refractivity contribution in [3.63, 3.8) is 0 Å². The first-order valence-corrected chi connectivity index (χ1v) is 12.1. The Morgan fingerprint density at radius 1 is 1.23 bits per heavy atom. The molecule has 1 saturated heterocycles. The molecule has 2 atom stereocenters. The van der Waals surface area contributed by atoms with Crippen molar-refractivity contribution in [3.05, 3.63) is 33.8 Å². The molecular weight excluding hydrogens is 460 g/mol. The molecule has 3 aliphatic rings. The van der Waals surface area contributed by atoms with Crippen LogP contribution < -0.4 is 10.9 Å². The number of nitrogens with zero attached hydrogens (tertiary/aromatic N) is 4. The number of carbonyl (C=O) groups is 2. The van der Waals surface area contributed by atoms with Crippen LogP contribution in [-0.2, 0) is 11.3 Å². The van der Waals surface area contributed by atoms with Crippen molar-refractivity contribution in [2.45, 2.75) is 58.0 Å². The predicted molar refractivity (Wildman–Crippen MR) is 123 cm³/mol. The van der Waals surface area contributed by atoms with Crippen molar-refractivity contribution < 1.29 is 23.5 Å². The van der Waals surface area contributed by atoms with Crippen LogP contribution in [-0.4, -0.2) is 61.1 Å². The van der Waals surface area contributed by atoms with Crippen LogP contribution in [0.25, 0.3) is 11.7 Å². The molecule has 2 bridgehead atoms. The van der Waals surface area contributed by atoms with Gasteiger partial charge in [-0.2, -0.15) is 9.61 Å². The van der Waals surface area contributed by atoms with E-state index in [1.165, 1.54) is 27.8 Å². The number of nitrogens with one attached hydrogen (secondary N) is 1. The topological polar surface area (TPSA) is 109 Å². The second-order valence-corrected chi connectivity index (χ2v) is 10.3. The lowest BCUT2D eigenvalue weighted by molar-refractivity contribution is -0.144. The van der Waals surface area contributed by atoms with E-state index in [-0.39, 0.29) is 42.2 Å². The number of rotatable bonds is 6. The second kappa shape index (κ2) is 8.46. The zero-order valence-corrected chi connectivity index (χ0v) is 19.7. The molecule has 2 saturated carbocycles. The molecule has 188 valence electrons. The molecule has 0 radical (unpaired) electrons. The van der Waals surface area contributed by atoms with Gasteiger partial charge in [0.2, 0.25) is 11.8 Å². The number of aromatic hydroxyl groups is 1. The summed E-state index contributed by atoms with van der Waals surface area (Å²) in [6, 6.07) is 0.00245. The van der Waals surface area contributed by atoms with Crippen LogP contribution in [0, 0.1) is 17.8 Å². The van der Waals surface area contributed by atoms with Gasteiger partial charge in [0, 0.05) is 49.2 Å². The largest absolute Gasteiger partial charge is 0.494 e. The minimum atomic E-state index is -2.73. The normalized spacial score (nSPS) is 23.5. The summed E-state index contributed by atoms with van der Waals surface area (Å²) in [7, 11) is 0. The van der Waals surface area contributed by atoms with Gasteiger partial charge in [-0.3, -0.25) is 19.0 Å². The summed E-state index contributed by atoms with van der Waals surface area (Å²) in [4.78, 5) is 40.0. The van der Waals surface area contributed by atoms with Crippen molar-refractivity contribution >= 4 is 23.5 Å². The number of fused-ring (bicyclic) bond motifs is 3. The molecule has 5 rings (SSSR count). The quantitative estimate of drug-likeness (QED) is 0.605. The molecule has 3 fully saturated rings. The average molecular weight is 490 g/mol. The van der Waals surface area contributed by atoms with Crippen LogP contribution in [0.5, 0.6) is 5.88 Å². The monoisotopic (exact) mass is 489 g/mol. The van der Waals surface area contributed by atoms with E-state index < -0.39 is 35.1 Å². The Morgan fingerprint density at radius 2 is 1.89 bits per heavy atom. The smallest absolute Gasteiger partial charge is 0.291 e. The Balaban J connectivity index is 1.48. The first kappa shape index (κ1) is 23.5. The van der Waals surface area contributed by atoms with Crippen LogP contribution >= 0.6 is 0 Å². The Bertz CT molecular complexity index is 1260. The molecule has 2 aliphatic carbocycles. The zero-order chi connectivity index (χ0) is 25.1. The van der Waals surface area contributed by atoms with Gasteiger partial charge in [-0.1, -0.05) is 13.8 Å². The average Bonchev–Trinajstić information content (AvgIpc) is 3.49. The summed E-state index contributed by atoms with van der Waals surface area (Å²) in [5.74, 6) is -5.78. The number of piperidine rings is 1. The van der Waals surface area contributed by atoms with Crippen LogP contribution in [0.15, 0.2) is 17.1 Å². The zero-order valence-electron chi connectivity index (χ0n) is 19.7. The summed E-state index contributed by atoms with van der Waals surface area (Å²) < 4.78 is 30.9. The number of aromatic nitrogens is 3. The molecule has 0 aromatic carbocycles. The van der Waals surface area contributed by atoms with Gasteiger partial charge in [0.05, 0.1) is 6.20 Å². The van der Waals surface area contributed by atoms with Gasteiger partial charge in [0.15, 0.2) is 5.56 Å². The Morgan fingerprint density at radius 3 is 2.49 bits per heavy atom. The van der Waals surface area contributed by atoms with Crippen LogP contribution in [0.1, 0.15) is 55.5 Å². The van der Waals surface area contributed by atoms with Gasteiger partial charge in [0.1, 0.15) is 5.65 Å². The van der Waals surface area contributed by atoms with Gasteiger partial charge < -0.3 is 15.3 Å². The first-order chi connectivity index (χ1) is 16.6. The number of carbonyl (C=O) groups excluding carboxylic acids is 2. The fourth-order valence-electron chi connectivity index (χ4n) is 5.15. The van der Waals surface area contributed by atoms with E-state index >= 15 is 0 Å². The maximum atomic E-state index is 14.2. The van der Waals surface area contributed by atoms with E-state index in [1.54, 1.807) is 0 Å². The summed E-state index contributed by atoms with van der Waals surface area (Å²) in [5, 5.41) is 17.8. The molecule has 2 aromatic heterocycles. The van der Waals surface area contributed by atoms with Gasteiger partial charge in [-0.25, -0.2) is 8.78 Å².